The van der Waals surface area contributed by atoms with E-state index in [1.165, 1.54) is 6.07 Å². The Bertz CT molecular complexity index is 1380. The van der Waals surface area contributed by atoms with E-state index in [0.717, 1.165) is 11.1 Å². The SMILES string of the molecule is Cc1cc(C(C)Nc2ccccc2C(=O)O)c2oc(N3CCN(C(=O)OC(C)(C)C)CC3)cc(=O)c2c1. The molecule has 0 spiro atoms. The number of piperazine rings is 1. The van der Waals surface area contributed by atoms with E-state index in [0.29, 0.717) is 48.7 Å². The van der Waals surface area contributed by atoms with Gasteiger partial charge in [0.2, 0.25) is 0 Å². The number of amides is 1. The first-order valence-corrected chi connectivity index (χ1v) is 12.3. The van der Waals surface area contributed by atoms with Crippen molar-refractivity contribution in [3.05, 3.63) is 69.4 Å². The summed E-state index contributed by atoms with van der Waals surface area (Å²) in [6.07, 6.45) is -0.355. The molecule has 9 heteroatoms. The third-order valence-corrected chi connectivity index (χ3v) is 6.23. The van der Waals surface area contributed by atoms with Crippen LogP contribution in [0.5, 0.6) is 0 Å². The molecule has 0 radical (unpaired) electrons. The maximum absolute atomic E-state index is 13.1. The molecule has 1 atom stereocenters. The van der Waals surface area contributed by atoms with E-state index in [1.54, 1.807) is 35.2 Å². The number of para-hydroxylation sites is 1. The molecular weight excluding hydrogens is 474 g/mol. The minimum Gasteiger partial charge on any atom is -0.478 e. The van der Waals surface area contributed by atoms with Crippen LogP contribution in [0.4, 0.5) is 16.4 Å². The highest BCUT2D eigenvalue weighted by Gasteiger charge is 2.27. The van der Waals surface area contributed by atoms with Crippen LogP contribution in [0.1, 0.15) is 55.2 Å². The van der Waals surface area contributed by atoms with Gasteiger partial charge < -0.3 is 29.4 Å². The van der Waals surface area contributed by atoms with Gasteiger partial charge in [-0.15, -0.1) is 0 Å². The Morgan fingerprint density at radius 2 is 1.76 bits per heavy atom. The van der Waals surface area contributed by atoms with Gasteiger partial charge in [0.05, 0.1) is 17.0 Å². The van der Waals surface area contributed by atoms with Crippen molar-refractivity contribution in [1.29, 1.82) is 0 Å². The lowest BCUT2D eigenvalue weighted by molar-refractivity contribution is 0.0239. The fourth-order valence-corrected chi connectivity index (χ4v) is 4.44. The van der Waals surface area contributed by atoms with E-state index in [2.05, 4.69) is 5.32 Å². The van der Waals surface area contributed by atoms with Crippen LogP contribution < -0.4 is 15.6 Å². The predicted octanol–water partition coefficient (Wildman–Crippen LogP) is 5.03. The zero-order chi connectivity index (χ0) is 26.9. The minimum atomic E-state index is -1.02. The number of rotatable bonds is 5. The van der Waals surface area contributed by atoms with E-state index in [1.807, 2.05) is 45.6 Å². The van der Waals surface area contributed by atoms with Crippen LogP contribution in [-0.4, -0.2) is 53.8 Å². The van der Waals surface area contributed by atoms with Crippen LogP contribution in [0.2, 0.25) is 0 Å². The van der Waals surface area contributed by atoms with E-state index < -0.39 is 11.6 Å². The molecule has 2 heterocycles. The number of aryl methyl sites for hydroxylation is 1. The van der Waals surface area contributed by atoms with Gasteiger partial charge in [0.25, 0.3) is 0 Å². The molecule has 3 aromatic rings. The first kappa shape index (κ1) is 26.1. The second-order valence-corrected chi connectivity index (χ2v) is 10.4. The quantitative estimate of drug-likeness (QED) is 0.495. The van der Waals surface area contributed by atoms with Gasteiger partial charge in [0.1, 0.15) is 11.2 Å². The summed E-state index contributed by atoms with van der Waals surface area (Å²) in [5.41, 5.74) is 2.02. The number of nitrogens with zero attached hydrogens (tertiary/aromatic N) is 2. The molecule has 1 amide bonds. The molecule has 2 aromatic carbocycles. The van der Waals surface area contributed by atoms with Crippen molar-refractivity contribution >= 4 is 34.6 Å². The highest BCUT2D eigenvalue weighted by Crippen LogP contribution is 2.31. The fourth-order valence-electron chi connectivity index (χ4n) is 4.44. The number of carbonyl (C=O) groups is 2. The lowest BCUT2D eigenvalue weighted by Gasteiger charge is -2.35. The van der Waals surface area contributed by atoms with Crippen LogP contribution in [0.3, 0.4) is 0 Å². The summed E-state index contributed by atoms with van der Waals surface area (Å²) >= 11 is 0. The third-order valence-electron chi connectivity index (χ3n) is 6.23. The average Bonchev–Trinajstić information content (AvgIpc) is 2.83. The summed E-state index contributed by atoms with van der Waals surface area (Å²) in [4.78, 5) is 40.8. The maximum Gasteiger partial charge on any atom is 0.410 e. The molecule has 196 valence electrons. The molecule has 0 aliphatic carbocycles. The number of carbonyl (C=O) groups excluding carboxylic acids is 1. The standard InChI is InChI=1S/C28H33N3O6/c1-17-14-20(18(2)29-22-9-7-6-8-19(22)26(33)34)25-21(15-17)23(32)16-24(36-25)30-10-12-31(13-11-30)27(35)37-28(3,4)5/h6-9,14-16,18,29H,10-13H2,1-5H3,(H,33,34). The predicted molar refractivity (Wildman–Crippen MR) is 143 cm³/mol. The largest absolute Gasteiger partial charge is 0.478 e. The van der Waals surface area contributed by atoms with E-state index in [4.69, 9.17) is 9.15 Å². The Morgan fingerprint density at radius 1 is 1.08 bits per heavy atom. The number of anilines is 2. The van der Waals surface area contributed by atoms with Crippen LogP contribution in [0, 0.1) is 6.92 Å². The number of aromatic carboxylic acids is 1. The Hall–Kier alpha value is -4.01. The number of ether oxygens (including phenoxy) is 1. The summed E-state index contributed by atoms with van der Waals surface area (Å²) in [5.74, 6) is -0.590. The molecule has 1 unspecified atom stereocenters. The molecule has 1 saturated heterocycles. The summed E-state index contributed by atoms with van der Waals surface area (Å²) in [5, 5.41) is 13.3. The lowest BCUT2D eigenvalue weighted by Crippen LogP contribution is -2.50. The Kier molecular flexibility index (Phi) is 7.16. The zero-order valence-corrected chi connectivity index (χ0v) is 21.8. The average molecular weight is 508 g/mol. The smallest absolute Gasteiger partial charge is 0.410 e. The van der Waals surface area contributed by atoms with Crippen LogP contribution in [0.25, 0.3) is 11.0 Å². The molecule has 9 nitrogen and oxygen atoms in total. The van der Waals surface area contributed by atoms with Gasteiger partial charge in [-0.2, -0.15) is 0 Å². The monoisotopic (exact) mass is 507 g/mol. The summed E-state index contributed by atoms with van der Waals surface area (Å²) < 4.78 is 11.8. The van der Waals surface area contributed by atoms with Crippen LogP contribution in [0.15, 0.2) is 51.7 Å². The molecule has 37 heavy (non-hydrogen) atoms. The Morgan fingerprint density at radius 3 is 2.41 bits per heavy atom. The number of nitrogens with one attached hydrogen (secondary N) is 1. The van der Waals surface area contributed by atoms with E-state index in [9.17, 15) is 19.5 Å². The van der Waals surface area contributed by atoms with E-state index in [-0.39, 0.29) is 23.1 Å². The minimum absolute atomic E-state index is 0.158. The zero-order valence-electron chi connectivity index (χ0n) is 21.8. The van der Waals surface area contributed by atoms with Gasteiger partial charge >= 0.3 is 12.1 Å². The van der Waals surface area contributed by atoms with Crippen molar-refractivity contribution in [2.24, 2.45) is 0 Å². The van der Waals surface area contributed by atoms with Crippen molar-refractivity contribution in [2.75, 3.05) is 36.4 Å². The molecular formula is C28H33N3O6. The number of hydrogen-bond acceptors (Lipinski definition) is 7. The van der Waals surface area contributed by atoms with Gasteiger partial charge in [-0.3, -0.25) is 4.79 Å². The third kappa shape index (κ3) is 5.87. The summed E-state index contributed by atoms with van der Waals surface area (Å²) in [6.45, 7) is 11.2. The second kappa shape index (κ2) is 10.2. The highest BCUT2D eigenvalue weighted by atomic mass is 16.6. The number of carboxylic acid groups (broad SMARTS) is 1. The van der Waals surface area contributed by atoms with Gasteiger partial charge in [-0.1, -0.05) is 18.2 Å². The molecule has 1 fully saturated rings. The Balaban J connectivity index is 1.62. The molecule has 2 N–H and O–H groups in total. The van der Waals surface area contributed by atoms with Gasteiger partial charge in [-0.05, 0) is 58.4 Å². The second-order valence-electron chi connectivity index (χ2n) is 10.4. The maximum atomic E-state index is 13.1. The number of carboxylic acids is 1. The number of hydrogen-bond donors (Lipinski definition) is 2. The van der Waals surface area contributed by atoms with E-state index >= 15 is 0 Å². The normalized spacial score (nSPS) is 14.9. The van der Waals surface area contributed by atoms with Crippen LogP contribution in [-0.2, 0) is 4.74 Å². The van der Waals surface area contributed by atoms with Gasteiger partial charge in [-0.25, -0.2) is 9.59 Å². The van der Waals surface area contributed by atoms with Crippen molar-refractivity contribution in [3.63, 3.8) is 0 Å². The fraction of sp³-hybridized carbons (Fsp3) is 0.393. The first-order chi connectivity index (χ1) is 17.4. The lowest BCUT2D eigenvalue weighted by atomic mass is 10.0. The molecule has 1 aliphatic heterocycles. The molecule has 4 rings (SSSR count). The van der Waals surface area contributed by atoms with Crippen LogP contribution >= 0.6 is 0 Å². The molecule has 0 bridgehead atoms. The van der Waals surface area contributed by atoms with Gasteiger partial charge in [0.15, 0.2) is 11.3 Å². The highest BCUT2D eigenvalue weighted by molar-refractivity contribution is 5.94. The summed E-state index contributed by atoms with van der Waals surface area (Å²) in [6, 6.07) is 11.6. The van der Waals surface area contributed by atoms with Crippen molar-refractivity contribution in [2.45, 2.75) is 46.3 Å². The first-order valence-electron chi connectivity index (χ1n) is 12.3. The molecule has 1 aromatic heterocycles. The number of benzene rings is 2. The number of fused-ring (bicyclic) bond motifs is 1. The van der Waals surface area contributed by atoms with Crippen molar-refractivity contribution in [1.82, 2.24) is 4.90 Å². The molecule has 0 saturated carbocycles. The summed E-state index contributed by atoms with van der Waals surface area (Å²) in [7, 11) is 0. The van der Waals surface area contributed by atoms with Gasteiger partial charge in [0, 0.05) is 43.5 Å². The Labute approximate surface area is 215 Å². The molecule has 1 aliphatic rings. The van der Waals surface area contributed by atoms with Crippen molar-refractivity contribution in [3.8, 4) is 0 Å². The topological polar surface area (TPSA) is 112 Å². The van der Waals surface area contributed by atoms with Crippen molar-refractivity contribution < 1.29 is 23.8 Å².